The van der Waals surface area contributed by atoms with Crippen molar-refractivity contribution in [2.45, 2.75) is 26.2 Å². The summed E-state index contributed by atoms with van der Waals surface area (Å²) in [4.78, 5) is 0. The highest BCUT2D eigenvalue weighted by Gasteiger charge is 2.03. The van der Waals surface area contributed by atoms with Gasteiger partial charge in [0.15, 0.2) is 0 Å². The molecule has 2 N–H and O–H groups in total. The molecule has 0 amide bonds. The van der Waals surface area contributed by atoms with Gasteiger partial charge in [-0.3, -0.25) is 0 Å². The van der Waals surface area contributed by atoms with Crippen molar-refractivity contribution in [2.24, 2.45) is 0 Å². The van der Waals surface area contributed by atoms with Crippen LogP contribution < -0.4 is 5.73 Å². The highest BCUT2D eigenvalue weighted by atomic mass is 35.5. The molecule has 0 aliphatic heterocycles. The van der Waals surface area contributed by atoms with Gasteiger partial charge in [0.05, 0.1) is 0 Å². The van der Waals surface area contributed by atoms with Crippen molar-refractivity contribution in [1.29, 1.82) is 0 Å². The van der Waals surface area contributed by atoms with Crippen molar-refractivity contribution in [3.8, 4) is 0 Å². The van der Waals surface area contributed by atoms with Crippen molar-refractivity contribution in [2.75, 3.05) is 5.73 Å². The van der Waals surface area contributed by atoms with E-state index in [1.165, 1.54) is 5.56 Å². The lowest BCUT2D eigenvalue weighted by molar-refractivity contribution is 0.734. The Morgan fingerprint density at radius 2 is 2.08 bits per heavy atom. The molecular formula is C10H14ClN. The number of nitrogen functional groups attached to an aromatic ring is 1. The van der Waals surface area contributed by atoms with Gasteiger partial charge < -0.3 is 5.73 Å². The molecule has 66 valence electrons. The van der Waals surface area contributed by atoms with E-state index in [0.29, 0.717) is 5.92 Å². The van der Waals surface area contributed by atoms with E-state index in [0.717, 1.165) is 17.1 Å². The Morgan fingerprint density at radius 1 is 1.42 bits per heavy atom. The molecule has 0 saturated carbocycles. The lowest BCUT2D eigenvalue weighted by Crippen LogP contribution is -1.93. The van der Waals surface area contributed by atoms with Crippen molar-refractivity contribution in [3.05, 3.63) is 28.8 Å². The van der Waals surface area contributed by atoms with E-state index in [9.17, 15) is 0 Å². The molecular weight excluding hydrogens is 170 g/mol. The van der Waals surface area contributed by atoms with Crippen molar-refractivity contribution in [3.63, 3.8) is 0 Å². The van der Waals surface area contributed by atoms with Crippen LogP contribution in [-0.4, -0.2) is 0 Å². The number of hydrogen-bond donors (Lipinski definition) is 1. The van der Waals surface area contributed by atoms with E-state index in [-0.39, 0.29) is 0 Å². The van der Waals surface area contributed by atoms with Gasteiger partial charge in [0.2, 0.25) is 0 Å². The topological polar surface area (TPSA) is 26.0 Å². The highest BCUT2D eigenvalue weighted by molar-refractivity contribution is 6.30. The van der Waals surface area contributed by atoms with Crippen LogP contribution in [0.3, 0.4) is 0 Å². The van der Waals surface area contributed by atoms with Gasteiger partial charge in [-0.05, 0) is 36.1 Å². The predicted molar refractivity (Wildman–Crippen MR) is 54.6 cm³/mol. The highest BCUT2D eigenvalue weighted by Crippen LogP contribution is 2.24. The molecule has 1 nitrogen and oxygen atoms in total. The van der Waals surface area contributed by atoms with Crippen LogP contribution in [0.1, 0.15) is 31.7 Å². The van der Waals surface area contributed by atoms with Crippen LogP contribution in [0.25, 0.3) is 0 Å². The Bertz CT molecular complexity index is 250. The largest absolute Gasteiger partial charge is 0.399 e. The molecule has 0 aliphatic carbocycles. The Morgan fingerprint density at radius 3 is 2.58 bits per heavy atom. The molecule has 1 aromatic carbocycles. The molecule has 0 saturated heterocycles. The summed E-state index contributed by atoms with van der Waals surface area (Å²) in [7, 11) is 0. The molecule has 0 bridgehead atoms. The van der Waals surface area contributed by atoms with Crippen LogP contribution in [0.15, 0.2) is 18.2 Å². The Kier molecular flexibility index (Phi) is 2.99. The summed E-state index contributed by atoms with van der Waals surface area (Å²) in [5.41, 5.74) is 7.64. The van der Waals surface area contributed by atoms with Crippen LogP contribution in [-0.2, 0) is 0 Å². The number of anilines is 1. The third-order valence-electron chi connectivity index (χ3n) is 2.12. The van der Waals surface area contributed by atoms with Crippen LogP contribution in [0.5, 0.6) is 0 Å². The zero-order chi connectivity index (χ0) is 9.14. The fourth-order valence-corrected chi connectivity index (χ4v) is 1.41. The SMILES string of the molecule is CCC(C)c1cc(N)cc(Cl)c1. The lowest BCUT2D eigenvalue weighted by Gasteiger charge is -2.09. The summed E-state index contributed by atoms with van der Waals surface area (Å²) in [6.07, 6.45) is 1.11. The maximum atomic E-state index is 5.87. The number of hydrogen-bond acceptors (Lipinski definition) is 1. The van der Waals surface area contributed by atoms with Gasteiger partial charge in [-0.1, -0.05) is 25.4 Å². The summed E-state index contributed by atoms with van der Waals surface area (Å²) in [6, 6.07) is 5.74. The maximum Gasteiger partial charge on any atom is 0.0429 e. The van der Waals surface area contributed by atoms with E-state index in [4.69, 9.17) is 17.3 Å². The fraction of sp³-hybridized carbons (Fsp3) is 0.400. The normalized spacial score (nSPS) is 12.9. The summed E-state index contributed by atoms with van der Waals surface area (Å²) in [5.74, 6) is 0.533. The first-order chi connectivity index (χ1) is 5.63. The van der Waals surface area contributed by atoms with Gasteiger partial charge in [-0.25, -0.2) is 0 Å². The van der Waals surface area contributed by atoms with Gasteiger partial charge in [0.25, 0.3) is 0 Å². The quantitative estimate of drug-likeness (QED) is 0.699. The smallest absolute Gasteiger partial charge is 0.0429 e. The van der Waals surface area contributed by atoms with Gasteiger partial charge >= 0.3 is 0 Å². The molecule has 0 fully saturated rings. The minimum atomic E-state index is 0.533. The zero-order valence-electron chi connectivity index (χ0n) is 7.47. The molecule has 0 radical (unpaired) electrons. The third kappa shape index (κ3) is 2.15. The van der Waals surface area contributed by atoms with E-state index < -0.39 is 0 Å². The summed E-state index contributed by atoms with van der Waals surface area (Å²) >= 11 is 5.87. The van der Waals surface area contributed by atoms with Crippen molar-refractivity contribution >= 4 is 17.3 Å². The summed E-state index contributed by atoms with van der Waals surface area (Å²) < 4.78 is 0. The standard InChI is InChI=1S/C10H14ClN/c1-3-7(2)8-4-9(11)6-10(12)5-8/h4-7H,3,12H2,1-2H3. The average molecular weight is 184 g/mol. The monoisotopic (exact) mass is 183 g/mol. The molecule has 0 aliphatic rings. The van der Waals surface area contributed by atoms with Gasteiger partial charge in [0, 0.05) is 10.7 Å². The first kappa shape index (κ1) is 9.40. The van der Waals surface area contributed by atoms with Gasteiger partial charge in [-0.2, -0.15) is 0 Å². The van der Waals surface area contributed by atoms with Gasteiger partial charge in [0.1, 0.15) is 0 Å². The Labute approximate surface area is 78.5 Å². The molecule has 12 heavy (non-hydrogen) atoms. The van der Waals surface area contributed by atoms with Crippen molar-refractivity contribution in [1.82, 2.24) is 0 Å². The number of nitrogens with two attached hydrogens (primary N) is 1. The molecule has 0 spiro atoms. The fourth-order valence-electron chi connectivity index (χ4n) is 1.16. The lowest BCUT2D eigenvalue weighted by atomic mass is 9.98. The Balaban J connectivity index is 3.00. The second kappa shape index (κ2) is 3.81. The van der Waals surface area contributed by atoms with Crippen molar-refractivity contribution < 1.29 is 0 Å². The van der Waals surface area contributed by atoms with E-state index in [1.807, 2.05) is 12.1 Å². The van der Waals surface area contributed by atoms with E-state index in [2.05, 4.69) is 13.8 Å². The Hall–Kier alpha value is -0.690. The minimum absolute atomic E-state index is 0.533. The molecule has 1 unspecified atom stereocenters. The zero-order valence-corrected chi connectivity index (χ0v) is 8.23. The molecule has 1 aromatic rings. The predicted octanol–water partition coefficient (Wildman–Crippen LogP) is 3.44. The summed E-state index contributed by atoms with van der Waals surface area (Å²) in [5, 5.41) is 0.727. The average Bonchev–Trinajstić information content (AvgIpc) is 2.01. The van der Waals surface area contributed by atoms with Gasteiger partial charge in [-0.15, -0.1) is 0 Å². The number of halogens is 1. The van der Waals surface area contributed by atoms with Crippen LogP contribution in [0.4, 0.5) is 5.69 Å². The molecule has 2 heteroatoms. The van der Waals surface area contributed by atoms with E-state index in [1.54, 1.807) is 6.07 Å². The van der Waals surface area contributed by atoms with Crippen LogP contribution in [0.2, 0.25) is 5.02 Å². The minimum Gasteiger partial charge on any atom is -0.399 e. The molecule has 1 rings (SSSR count). The third-order valence-corrected chi connectivity index (χ3v) is 2.34. The number of benzene rings is 1. The second-order valence-electron chi connectivity index (χ2n) is 3.13. The second-order valence-corrected chi connectivity index (χ2v) is 3.56. The molecule has 1 atom stereocenters. The first-order valence-electron chi connectivity index (χ1n) is 4.19. The number of rotatable bonds is 2. The van der Waals surface area contributed by atoms with E-state index >= 15 is 0 Å². The van der Waals surface area contributed by atoms with Crippen LogP contribution >= 0.6 is 11.6 Å². The van der Waals surface area contributed by atoms with Crippen LogP contribution in [0, 0.1) is 0 Å². The summed E-state index contributed by atoms with van der Waals surface area (Å²) in [6.45, 7) is 4.33. The molecule has 0 heterocycles. The maximum absolute atomic E-state index is 5.87. The first-order valence-corrected chi connectivity index (χ1v) is 4.57. The molecule has 0 aromatic heterocycles.